The van der Waals surface area contributed by atoms with Crippen LogP contribution in [-0.4, -0.2) is 80.7 Å². The van der Waals surface area contributed by atoms with Gasteiger partial charge in [-0.1, -0.05) is 36.4 Å². The van der Waals surface area contributed by atoms with Crippen LogP contribution >= 0.6 is 24.0 Å². The summed E-state index contributed by atoms with van der Waals surface area (Å²) < 4.78 is 0. The molecule has 2 aromatic rings. The zero-order valence-corrected chi connectivity index (χ0v) is 22.8. The molecule has 0 radical (unpaired) electrons. The number of hydrogen-bond donors (Lipinski definition) is 2. The van der Waals surface area contributed by atoms with Gasteiger partial charge in [0.15, 0.2) is 5.96 Å². The molecule has 3 rings (SSSR count). The number of aliphatic imine (C=N–C) groups is 1. The Balaban J connectivity index is 0.00000385. The minimum absolute atomic E-state index is 0. The maximum atomic E-state index is 4.67. The Hall–Kier alpha value is -1.91. The number of pyridine rings is 1. The molecular formula is C25H40IN7. The zero-order chi connectivity index (χ0) is 22.8. The predicted molar refractivity (Wildman–Crippen MR) is 150 cm³/mol. The van der Waals surface area contributed by atoms with Crippen LogP contribution < -0.4 is 15.5 Å². The van der Waals surface area contributed by atoms with E-state index in [1.165, 1.54) is 5.56 Å². The molecular weight excluding hydrogens is 525 g/mol. The Morgan fingerprint density at radius 3 is 2.42 bits per heavy atom. The second-order valence-corrected chi connectivity index (χ2v) is 8.71. The van der Waals surface area contributed by atoms with Crippen molar-refractivity contribution in [2.45, 2.75) is 32.5 Å². The van der Waals surface area contributed by atoms with Gasteiger partial charge >= 0.3 is 0 Å². The number of nitrogens with zero attached hydrogens (tertiary/aromatic N) is 5. The Morgan fingerprint density at radius 2 is 1.79 bits per heavy atom. The zero-order valence-electron chi connectivity index (χ0n) is 20.5. The summed E-state index contributed by atoms with van der Waals surface area (Å²) in [4.78, 5) is 16.1. The van der Waals surface area contributed by atoms with Crippen molar-refractivity contribution in [2.24, 2.45) is 4.99 Å². The van der Waals surface area contributed by atoms with Crippen molar-refractivity contribution >= 4 is 35.8 Å². The topological polar surface area (TPSA) is 59.0 Å². The predicted octanol–water partition coefficient (Wildman–Crippen LogP) is 3.03. The van der Waals surface area contributed by atoms with Gasteiger partial charge in [0.25, 0.3) is 0 Å². The monoisotopic (exact) mass is 565 g/mol. The SMILES string of the molecule is CN=C(NCCC(C)N(C)Cc1ccccc1)NCc1ccc(N2CCN(C)CC2)nc1.I. The van der Waals surface area contributed by atoms with Crippen LogP contribution in [0.4, 0.5) is 5.82 Å². The molecule has 1 aliphatic rings. The highest BCUT2D eigenvalue weighted by Gasteiger charge is 2.15. The average molecular weight is 566 g/mol. The lowest BCUT2D eigenvalue weighted by Gasteiger charge is -2.33. The molecule has 1 aliphatic heterocycles. The van der Waals surface area contributed by atoms with E-state index in [2.05, 4.69) is 98.8 Å². The third-order valence-corrected chi connectivity index (χ3v) is 6.20. The van der Waals surface area contributed by atoms with Crippen molar-refractivity contribution in [1.29, 1.82) is 0 Å². The summed E-state index contributed by atoms with van der Waals surface area (Å²) in [6.45, 7) is 9.08. The second kappa shape index (κ2) is 14.4. The minimum atomic E-state index is 0. The van der Waals surface area contributed by atoms with Gasteiger partial charge in [-0.2, -0.15) is 0 Å². The number of hydrogen-bond acceptors (Lipinski definition) is 5. The van der Waals surface area contributed by atoms with Gasteiger partial charge in [0, 0.05) is 65.1 Å². The van der Waals surface area contributed by atoms with Gasteiger partial charge in [-0.15, -0.1) is 24.0 Å². The van der Waals surface area contributed by atoms with Crippen molar-refractivity contribution in [2.75, 3.05) is 58.8 Å². The molecule has 1 aromatic heterocycles. The Kier molecular flexibility index (Phi) is 11.9. The first-order chi connectivity index (χ1) is 15.5. The number of likely N-dealkylation sites (N-methyl/N-ethyl adjacent to an activating group) is 1. The van der Waals surface area contributed by atoms with E-state index in [9.17, 15) is 0 Å². The normalized spacial score (nSPS) is 15.8. The highest BCUT2D eigenvalue weighted by molar-refractivity contribution is 14.0. The number of nitrogens with one attached hydrogen (secondary N) is 2. The minimum Gasteiger partial charge on any atom is -0.356 e. The molecule has 2 N–H and O–H groups in total. The van der Waals surface area contributed by atoms with Crippen LogP contribution in [0.3, 0.4) is 0 Å². The molecule has 182 valence electrons. The lowest BCUT2D eigenvalue weighted by atomic mass is 10.1. The van der Waals surface area contributed by atoms with Crippen LogP contribution in [0, 0.1) is 0 Å². The van der Waals surface area contributed by atoms with Crippen molar-refractivity contribution in [3.8, 4) is 0 Å². The van der Waals surface area contributed by atoms with Gasteiger partial charge in [0.2, 0.25) is 0 Å². The number of anilines is 1. The van der Waals surface area contributed by atoms with Gasteiger partial charge in [0.05, 0.1) is 0 Å². The fourth-order valence-electron chi connectivity index (χ4n) is 3.80. The number of piperazine rings is 1. The smallest absolute Gasteiger partial charge is 0.191 e. The molecule has 33 heavy (non-hydrogen) atoms. The van der Waals surface area contributed by atoms with Crippen LogP contribution in [0.1, 0.15) is 24.5 Å². The first-order valence-electron chi connectivity index (χ1n) is 11.6. The van der Waals surface area contributed by atoms with Gasteiger partial charge in [0.1, 0.15) is 5.82 Å². The van der Waals surface area contributed by atoms with Crippen LogP contribution in [0.2, 0.25) is 0 Å². The molecule has 1 atom stereocenters. The first-order valence-corrected chi connectivity index (χ1v) is 11.6. The molecule has 2 heterocycles. The molecule has 0 saturated carbocycles. The van der Waals surface area contributed by atoms with E-state index >= 15 is 0 Å². The summed E-state index contributed by atoms with van der Waals surface area (Å²) >= 11 is 0. The van der Waals surface area contributed by atoms with Gasteiger partial charge in [-0.05, 0) is 44.6 Å². The van der Waals surface area contributed by atoms with Gasteiger partial charge in [-0.3, -0.25) is 9.89 Å². The van der Waals surface area contributed by atoms with E-state index < -0.39 is 0 Å². The number of rotatable bonds is 9. The van der Waals surface area contributed by atoms with E-state index in [0.717, 1.165) is 63.0 Å². The Morgan fingerprint density at radius 1 is 1.06 bits per heavy atom. The van der Waals surface area contributed by atoms with E-state index in [1.54, 1.807) is 0 Å². The summed E-state index contributed by atoms with van der Waals surface area (Å²) in [7, 11) is 6.17. The van der Waals surface area contributed by atoms with E-state index in [0.29, 0.717) is 12.6 Å². The maximum Gasteiger partial charge on any atom is 0.191 e. The number of halogens is 1. The molecule has 1 aromatic carbocycles. The molecule has 1 fully saturated rings. The molecule has 1 saturated heterocycles. The molecule has 7 nitrogen and oxygen atoms in total. The van der Waals surface area contributed by atoms with Crippen molar-refractivity contribution in [1.82, 2.24) is 25.4 Å². The van der Waals surface area contributed by atoms with Gasteiger partial charge < -0.3 is 20.4 Å². The summed E-state index contributed by atoms with van der Waals surface area (Å²) in [5.74, 6) is 1.89. The van der Waals surface area contributed by atoms with Crippen LogP contribution in [0.5, 0.6) is 0 Å². The Bertz CT molecular complexity index is 820. The third kappa shape index (κ3) is 9.10. The highest BCUT2D eigenvalue weighted by Crippen LogP contribution is 2.13. The number of aromatic nitrogens is 1. The standard InChI is InChI=1S/C25H39N7.HI/c1-21(31(4)20-22-8-6-5-7-9-22)12-13-27-25(26-2)29-19-23-10-11-24(28-18-23)32-16-14-30(3)15-17-32;/h5-11,18,21H,12-17,19-20H2,1-4H3,(H2,26,27,29);1H. The largest absolute Gasteiger partial charge is 0.356 e. The van der Waals surface area contributed by atoms with Crippen molar-refractivity contribution < 1.29 is 0 Å². The van der Waals surface area contributed by atoms with Gasteiger partial charge in [-0.25, -0.2) is 4.98 Å². The lowest BCUT2D eigenvalue weighted by molar-refractivity contribution is 0.238. The summed E-state index contributed by atoms with van der Waals surface area (Å²) in [6, 6.07) is 15.4. The molecule has 0 amide bonds. The van der Waals surface area contributed by atoms with E-state index in [1.807, 2.05) is 13.2 Å². The molecule has 8 heteroatoms. The van der Waals surface area contributed by atoms with Crippen LogP contribution in [-0.2, 0) is 13.1 Å². The summed E-state index contributed by atoms with van der Waals surface area (Å²) in [5, 5.41) is 6.83. The second-order valence-electron chi connectivity index (χ2n) is 8.71. The van der Waals surface area contributed by atoms with E-state index in [-0.39, 0.29) is 24.0 Å². The summed E-state index contributed by atoms with van der Waals surface area (Å²) in [5.41, 5.74) is 2.50. The van der Waals surface area contributed by atoms with Crippen molar-refractivity contribution in [3.63, 3.8) is 0 Å². The van der Waals surface area contributed by atoms with E-state index in [4.69, 9.17) is 0 Å². The summed E-state index contributed by atoms with van der Waals surface area (Å²) in [6.07, 6.45) is 3.01. The molecule has 1 unspecified atom stereocenters. The first kappa shape index (κ1) is 27.3. The average Bonchev–Trinajstić information content (AvgIpc) is 2.82. The fraction of sp³-hybridized carbons (Fsp3) is 0.520. The third-order valence-electron chi connectivity index (χ3n) is 6.20. The van der Waals surface area contributed by atoms with Crippen LogP contribution in [0.25, 0.3) is 0 Å². The Labute approximate surface area is 216 Å². The number of benzene rings is 1. The van der Waals surface area contributed by atoms with Crippen molar-refractivity contribution in [3.05, 3.63) is 59.8 Å². The highest BCUT2D eigenvalue weighted by atomic mass is 127. The number of guanidine groups is 1. The quantitative estimate of drug-likeness (QED) is 0.277. The molecule has 0 bridgehead atoms. The molecule has 0 spiro atoms. The fourth-order valence-corrected chi connectivity index (χ4v) is 3.80. The molecule has 0 aliphatic carbocycles. The van der Waals surface area contributed by atoms with Crippen LogP contribution in [0.15, 0.2) is 53.7 Å². The lowest BCUT2D eigenvalue weighted by Crippen LogP contribution is -2.44. The maximum absolute atomic E-state index is 4.67.